The Bertz CT molecular complexity index is 465. The summed E-state index contributed by atoms with van der Waals surface area (Å²) in [5.74, 6) is -1.84. The van der Waals surface area contributed by atoms with Crippen LogP contribution in [0.2, 0.25) is 0 Å². The van der Waals surface area contributed by atoms with Crippen LogP contribution >= 0.6 is 0 Å². The summed E-state index contributed by atoms with van der Waals surface area (Å²) in [6.07, 6.45) is 5.79. The van der Waals surface area contributed by atoms with Gasteiger partial charge in [0.25, 0.3) is 0 Å². The molecule has 6 nitrogen and oxygen atoms in total. The Labute approximate surface area is 103 Å². The van der Waals surface area contributed by atoms with Gasteiger partial charge in [0, 0.05) is 24.8 Å². The summed E-state index contributed by atoms with van der Waals surface area (Å²) in [6, 6.07) is 5.79. The molecule has 0 radical (unpaired) electrons. The normalized spacial score (nSPS) is 8.89. The number of carboxylic acid groups (broad SMARTS) is 2. The van der Waals surface area contributed by atoms with Crippen molar-refractivity contribution in [2.45, 2.75) is 0 Å². The molecular formula is C12H10N2O4. The number of pyridine rings is 2. The van der Waals surface area contributed by atoms with E-state index in [1.165, 1.54) is 49.1 Å². The maximum atomic E-state index is 10.2. The second kappa shape index (κ2) is 6.74. The van der Waals surface area contributed by atoms with Crippen LogP contribution < -0.4 is 0 Å². The summed E-state index contributed by atoms with van der Waals surface area (Å²) >= 11 is 0. The van der Waals surface area contributed by atoms with Gasteiger partial charge in [0.2, 0.25) is 0 Å². The van der Waals surface area contributed by atoms with Crippen LogP contribution in [0.4, 0.5) is 0 Å². The fourth-order valence-corrected chi connectivity index (χ4v) is 0.989. The lowest BCUT2D eigenvalue weighted by Gasteiger charge is -1.87. The molecule has 2 aromatic heterocycles. The first-order valence-electron chi connectivity index (χ1n) is 4.88. The molecule has 18 heavy (non-hydrogen) atoms. The van der Waals surface area contributed by atoms with Crippen molar-refractivity contribution in [1.82, 2.24) is 9.97 Å². The van der Waals surface area contributed by atoms with Crippen molar-refractivity contribution in [1.29, 1.82) is 0 Å². The van der Waals surface area contributed by atoms with Gasteiger partial charge in [-0.25, -0.2) is 9.59 Å². The molecular weight excluding hydrogens is 236 g/mol. The van der Waals surface area contributed by atoms with E-state index in [2.05, 4.69) is 9.97 Å². The predicted molar refractivity (Wildman–Crippen MR) is 62.4 cm³/mol. The molecule has 0 aromatic carbocycles. The monoisotopic (exact) mass is 246 g/mol. The van der Waals surface area contributed by atoms with E-state index < -0.39 is 11.9 Å². The third-order valence-electron chi connectivity index (χ3n) is 1.85. The van der Waals surface area contributed by atoms with E-state index in [1.54, 1.807) is 0 Å². The lowest BCUT2D eigenvalue weighted by atomic mass is 10.3. The van der Waals surface area contributed by atoms with Gasteiger partial charge in [-0.1, -0.05) is 0 Å². The first-order valence-corrected chi connectivity index (χ1v) is 4.88. The van der Waals surface area contributed by atoms with Crippen LogP contribution in [0, 0.1) is 0 Å². The SMILES string of the molecule is O=C(O)c1ccncc1.O=C(O)c1ccncc1. The number of carbonyl (C=O) groups is 2. The average molecular weight is 246 g/mol. The quantitative estimate of drug-likeness (QED) is 0.833. The fraction of sp³-hybridized carbons (Fsp3) is 0. The highest BCUT2D eigenvalue weighted by atomic mass is 16.4. The third-order valence-corrected chi connectivity index (χ3v) is 1.85. The molecule has 0 saturated heterocycles. The highest BCUT2D eigenvalue weighted by Gasteiger charge is 1.97. The van der Waals surface area contributed by atoms with Gasteiger partial charge in [-0.15, -0.1) is 0 Å². The molecule has 92 valence electrons. The molecule has 2 N–H and O–H groups in total. The Morgan fingerprint density at radius 3 is 1.17 bits per heavy atom. The smallest absolute Gasteiger partial charge is 0.335 e. The van der Waals surface area contributed by atoms with Crippen molar-refractivity contribution in [3.05, 3.63) is 60.2 Å². The van der Waals surface area contributed by atoms with Crippen molar-refractivity contribution < 1.29 is 19.8 Å². The third kappa shape index (κ3) is 4.40. The van der Waals surface area contributed by atoms with E-state index in [0.717, 1.165) is 0 Å². The number of rotatable bonds is 2. The zero-order valence-corrected chi connectivity index (χ0v) is 9.22. The van der Waals surface area contributed by atoms with Crippen LogP contribution in [0.3, 0.4) is 0 Å². The van der Waals surface area contributed by atoms with E-state index in [-0.39, 0.29) is 11.1 Å². The Morgan fingerprint density at radius 1 is 0.722 bits per heavy atom. The lowest BCUT2D eigenvalue weighted by Crippen LogP contribution is -1.94. The van der Waals surface area contributed by atoms with Gasteiger partial charge in [-0.05, 0) is 24.3 Å². The highest BCUT2D eigenvalue weighted by Crippen LogP contribution is 1.94. The van der Waals surface area contributed by atoms with Gasteiger partial charge < -0.3 is 10.2 Å². The second-order valence-electron chi connectivity index (χ2n) is 3.08. The van der Waals surface area contributed by atoms with Gasteiger partial charge in [0.1, 0.15) is 0 Å². The van der Waals surface area contributed by atoms with E-state index in [9.17, 15) is 9.59 Å². The van der Waals surface area contributed by atoms with Crippen molar-refractivity contribution in [2.24, 2.45) is 0 Å². The predicted octanol–water partition coefficient (Wildman–Crippen LogP) is 1.56. The van der Waals surface area contributed by atoms with Crippen molar-refractivity contribution in [3.63, 3.8) is 0 Å². The summed E-state index contributed by atoms with van der Waals surface area (Å²) < 4.78 is 0. The lowest BCUT2D eigenvalue weighted by molar-refractivity contribution is 0.0686. The zero-order chi connectivity index (χ0) is 13.4. The molecule has 0 atom stereocenters. The van der Waals surface area contributed by atoms with Crippen molar-refractivity contribution in [3.8, 4) is 0 Å². The van der Waals surface area contributed by atoms with Gasteiger partial charge in [-0.2, -0.15) is 0 Å². The van der Waals surface area contributed by atoms with Crippen LogP contribution in [-0.2, 0) is 0 Å². The van der Waals surface area contributed by atoms with Crippen molar-refractivity contribution >= 4 is 11.9 Å². The number of nitrogens with zero attached hydrogens (tertiary/aromatic N) is 2. The van der Waals surface area contributed by atoms with Crippen LogP contribution in [-0.4, -0.2) is 32.1 Å². The Balaban J connectivity index is 0.000000180. The van der Waals surface area contributed by atoms with Gasteiger partial charge in [0.15, 0.2) is 0 Å². The molecule has 0 saturated carbocycles. The molecule has 6 heteroatoms. The van der Waals surface area contributed by atoms with Gasteiger partial charge >= 0.3 is 11.9 Å². The summed E-state index contributed by atoms with van der Waals surface area (Å²) in [5.41, 5.74) is 0.537. The van der Waals surface area contributed by atoms with E-state index in [0.29, 0.717) is 0 Å². The van der Waals surface area contributed by atoms with E-state index in [1.807, 2.05) is 0 Å². The van der Waals surface area contributed by atoms with Crippen LogP contribution in [0.15, 0.2) is 49.1 Å². The first-order chi connectivity index (χ1) is 8.61. The van der Waals surface area contributed by atoms with Crippen molar-refractivity contribution in [2.75, 3.05) is 0 Å². The van der Waals surface area contributed by atoms with Crippen LogP contribution in [0.25, 0.3) is 0 Å². The largest absolute Gasteiger partial charge is 0.478 e. The number of hydrogen-bond acceptors (Lipinski definition) is 4. The minimum atomic E-state index is -0.919. The standard InChI is InChI=1S/2C6H5NO2/c2*8-6(9)5-1-3-7-4-2-5/h2*1-4H,(H,8,9). The van der Waals surface area contributed by atoms with Gasteiger partial charge in [0.05, 0.1) is 11.1 Å². The second-order valence-corrected chi connectivity index (χ2v) is 3.08. The minimum absolute atomic E-state index is 0.269. The molecule has 2 rings (SSSR count). The van der Waals surface area contributed by atoms with Crippen LogP contribution in [0.5, 0.6) is 0 Å². The summed E-state index contributed by atoms with van der Waals surface area (Å²) in [4.78, 5) is 27.7. The molecule has 2 heterocycles. The molecule has 0 unspecified atom stereocenters. The first kappa shape index (κ1) is 13.3. The Hall–Kier alpha value is -2.76. The summed E-state index contributed by atoms with van der Waals surface area (Å²) in [5, 5.41) is 16.7. The van der Waals surface area contributed by atoms with E-state index >= 15 is 0 Å². The molecule has 0 spiro atoms. The molecule has 0 bridgehead atoms. The number of aromatic nitrogens is 2. The molecule has 0 amide bonds. The highest BCUT2D eigenvalue weighted by molar-refractivity contribution is 5.87. The Morgan fingerprint density at radius 2 is 1.00 bits per heavy atom. The molecule has 0 aliphatic rings. The summed E-state index contributed by atoms with van der Waals surface area (Å²) in [7, 11) is 0. The van der Waals surface area contributed by atoms with Crippen LogP contribution in [0.1, 0.15) is 20.7 Å². The number of carboxylic acids is 2. The maximum Gasteiger partial charge on any atom is 0.335 e. The fourth-order valence-electron chi connectivity index (χ4n) is 0.989. The number of hydrogen-bond donors (Lipinski definition) is 2. The molecule has 0 fully saturated rings. The maximum absolute atomic E-state index is 10.2. The van der Waals surface area contributed by atoms with E-state index in [4.69, 9.17) is 10.2 Å². The summed E-state index contributed by atoms with van der Waals surface area (Å²) in [6.45, 7) is 0. The zero-order valence-electron chi connectivity index (χ0n) is 9.22. The molecule has 0 aliphatic heterocycles. The topological polar surface area (TPSA) is 100 Å². The molecule has 0 aliphatic carbocycles. The average Bonchev–Trinajstić information content (AvgIpc) is 2.41. The van der Waals surface area contributed by atoms with Gasteiger partial charge in [-0.3, -0.25) is 9.97 Å². The molecule has 2 aromatic rings. The number of aromatic carboxylic acids is 2. The minimum Gasteiger partial charge on any atom is -0.478 e. The Kier molecular flexibility index (Phi) is 4.98.